The molecule has 3 aromatic rings. The number of hydrogen-bond donors (Lipinski definition) is 3. The maximum atomic E-state index is 13.6. The largest absolute Gasteiger partial charge is 0.444 e. The van der Waals surface area contributed by atoms with Crippen molar-refractivity contribution in [2.45, 2.75) is 96.9 Å². The molecule has 44 heavy (non-hydrogen) atoms. The van der Waals surface area contributed by atoms with Gasteiger partial charge in [-0.1, -0.05) is 0 Å². The maximum absolute atomic E-state index is 13.6. The van der Waals surface area contributed by atoms with Crippen molar-refractivity contribution in [1.29, 1.82) is 0 Å². The molecule has 0 radical (unpaired) electrons. The summed E-state index contributed by atoms with van der Waals surface area (Å²) >= 11 is 0. The minimum atomic E-state index is -4.79. The second-order valence-corrected chi connectivity index (χ2v) is 12.3. The lowest BCUT2D eigenvalue weighted by molar-refractivity contribution is -0.141. The summed E-state index contributed by atoms with van der Waals surface area (Å²) in [5.41, 5.74) is -4.39. The first-order valence-electron chi connectivity index (χ1n) is 13.4. The Bertz CT molecular complexity index is 1450. The van der Waals surface area contributed by atoms with E-state index in [2.05, 4.69) is 30.8 Å². The Labute approximate surface area is 250 Å². The lowest BCUT2D eigenvalue weighted by atomic mass is 10.0. The van der Waals surface area contributed by atoms with Gasteiger partial charge in [-0.3, -0.25) is 9.48 Å². The van der Waals surface area contributed by atoms with Crippen LogP contribution in [0.25, 0.3) is 11.3 Å². The number of rotatable bonds is 10. The number of aromatic nitrogens is 6. The van der Waals surface area contributed by atoms with Crippen LogP contribution < -0.4 is 10.6 Å². The SMILES string of the molecule is CC(C)(Cn1nc(C(F)(F)F)cc1-c1cnc(C(C)(C)O)nc1)NC(=O)[C@@H](Cc1cnn(C(F)F)c1)NC(=O)OC(C)(C)C. The first-order chi connectivity index (χ1) is 20.0. The molecule has 3 rings (SSSR count). The number of halogens is 5. The van der Waals surface area contributed by atoms with Crippen LogP contribution in [0.1, 0.15) is 72.1 Å². The lowest BCUT2D eigenvalue weighted by Crippen LogP contribution is -2.55. The third-order valence-electron chi connectivity index (χ3n) is 5.87. The summed E-state index contributed by atoms with van der Waals surface area (Å²) in [5, 5.41) is 22.5. The molecule has 0 bridgehead atoms. The third kappa shape index (κ3) is 9.42. The molecule has 0 saturated heterocycles. The van der Waals surface area contributed by atoms with Crippen molar-refractivity contribution < 1.29 is 41.4 Å². The van der Waals surface area contributed by atoms with Crippen LogP contribution in [0.4, 0.5) is 26.7 Å². The summed E-state index contributed by atoms with van der Waals surface area (Å²) in [4.78, 5) is 34.1. The van der Waals surface area contributed by atoms with Gasteiger partial charge in [0.05, 0.1) is 24.0 Å². The fourth-order valence-electron chi connectivity index (χ4n) is 4.00. The molecule has 0 unspecified atom stereocenters. The summed E-state index contributed by atoms with van der Waals surface area (Å²) in [6.07, 6.45) is -1.34. The maximum Gasteiger partial charge on any atom is 0.435 e. The van der Waals surface area contributed by atoms with Gasteiger partial charge in [0.1, 0.15) is 17.2 Å². The topological polar surface area (TPSA) is 149 Å². The smallest absolute Gasteiger partial charge is 0.435 e. The number of nitrogens with zero attached hydrogens (tertiary/aromatic N) is 6. The van der Waals surface area contributed by atoms with Gasteiger partial charge in [-0.05, 0) is 60.1 Å². The molecule has 3 heterocycles. The highest BCUT2D eigenvalue weighted by molar-refractivity contribution is 5.86. The summed E-state index contributed by atoms with van der Waals surface area (Å²) < 4.78 is 73.7. The highest BCUT2D eigenvalue weighted by atomic mass is 19.4. The summed E-state index contributed by atoms with van der Waals surface area (Å²) in [6, 6.07) is -0.515. The Kier molecular flexibility index (Phi) is 9.72. The zero-order chi connectivity index (χ0) is 33.3. The zero-order valence-electron chi connectivity index (χ0n) is 25.2. The van der Waals surface area contributed by atoms with E-state index in [1.807, 2.05) is 0 Å². The summed E-state index contributed by atoms with van der Waals surface area (Å²) in [6.45, 7) is 7.58. The molecule has 0 fully saturated rings. The molecule has 0 spiro atoms. The molecule has 0 aliphatic rings. The Balaban J connectivity index is 1.89. The predicted octanol–water partition coefficient (Wildman–Crippen LogP) is 4.21. The van der Waals surface area contributed by atoms with Crippen LogP contribution in [0.5, 0.6) is 0 Å². The van der Waals surface area contributed by atoms with Gasteiger partial charge in [0.15, 0.2) is 11.5 Å². The molecule has 0 aliphatic carbocycles. The fourth-order valence-corrected chi connectivity index (χ4v) is 4.00. The van der Waals surface area contributed by atoms with Crippen LogP contribution in [0.3, 0.4) is 0 Å². The molecule has 12 nitrogen and oxygen atoms in total. The minimum absolute atomic E-state index is 0.00946. The molecule has 0 aromatic carbocycles. The van der Waals surface area contributed by atoms with E-state index in [-0.39, 0.29) is 35.6 Å². The summed E-state index contributed by atoms with van der Waals surface area (Å²) in [7, 11) is 0. The average molecular weight is 631 g/mol. The van der Waals surface area contributed by atoms with E-state index in [4.69, 9.17) is 4.74 Å². The first kappa shape index (κ1) is 34.3. The van der Waals surface area contributed by atoms with Gasteiger partial charge in [0.25, 0.3) is 0 Å². The predicted molar refractivity (Wildman–Crippen MR) is 146 cm³/mol. The third-order valence-corrected chi connectivity index (χ3v) is 5.87. The zero-order valence-corrected chi connectivity index (χ0v) is 25.2. The monoisotopic (exact) mass is 630 g/mol. The Hall–Kier alpha value is -4.15. The number of hydrogen-bond acceptors (Lipinski definition) is 8. The normalized spacial score (nSPS) is 13.6. The van der Waals surface area contributed by atoms with Crippen LogP contribution in [0, 0.1) is 0 Å². The average Bonchev–Trinajstić information content (AvgIpc) is 3.49. The van der Waals surface area contributed by atoms with Gasteiger partial charge in [0, 0.05) is 30.6 Å². The Morgan fingerprint density at radius 3 is 2.14 bits per heavy atom. The molecule has 3 aromatic heterocycles. The Morgan fingerprint density at radius 2 is 1.64 bits per heavy atom. The fraction of sp³-hybridized carbons (Fsp3) is 0.556. The van der Waals surface area contributed by atoms with Gasteiger partial charge in [-0.25, -0.2) is 19.4 Å². The molecule has 0 saturated carbocycles. The summed E-state index contributed by atoms with van der Waals surface area (Å²) in [5.74, 6) is -0.716. The quantitative estimate of drug-likeness (QED) is 0.282. The number of carbonyl (C=O) groups excluding carboxylic acids is 2. The van der Waals surface area contributed by atoms with Crippen molar-refractivity contribution in [3.63, 3.8) is 0 Å². The molecular formula is C27H35F5N8O4. The van der Waals surface area contributed by atoms with Crippen LogP contribution in [-0.4, -0.2) is 63.8 Å². The number of amides is 2. The number of alkyl halides is 5. The Morgan fingerprint density at radius 1 is 1.02 bits per heavy atom. The van der Waals surface area contributed by atoms with Crippen molar-refractivity contribution in [3.05, 3.63) is 47.9 Å². The van der Waals surface area contributed by atoms with Crippen molar-refractivity contribution in [1.82, 2.24) is 40.2 Å². The van der Waals surface area contributed by atoms with E-state index in [1.165, 1.54) is 40.1 Å². The van der Waals surface area contributed by atoms with Gasteiger partial charge in [0.2, 0.25) is 5.91 Å². The molecule has 242 valence electrons. The number of nitrogens with one attached hydrogen (secondary N) is 2. The first-order valence-corrected chi connectivity index (χ1v) is 13.4. The molecule has 3 N–H and O–H groups in total. The van der Waals surface area contributed by atoms with Crippen LogP contribution in [-0.2, 0) is 34.3 Å². The van der Waals surface area contributed by atoms with Gasteiger partial charge in [-0.15, -0.1) is 0 Å². The molecule has 17 heteroatoms. The number of alkyl carbamates (subject to hydrolysis) is 1. The molecule has 1 atom stereocenters. The van der Waals surface area contributed by atoms with E-state index in [0.717, 1.165) is 23.1 Å². The second-order valence-electron chi connectivity index (χ2n) is 12.3. The van der Waals surface area contributed by atoms with Gasteiger partial charge >= 0.3 is 18.8 Å². The highest BCUT2D eigenvalue weighted by Gasteiger charge is 2.37. The number of aliphatic hydroxyl groups is 1. The highest BCUT2D eigenvalue weighted by Crippen LogP contribution is 2.32. The molecule has 2 amide bonds. The van der Waals surface area contributed by atoms with E-state index in [9.17, 15) is 36.6 Å². The van der Waals surface area contributed by atoms with Gasteiger partial charge < -0.3 is 20.5 Å². The minimum Gasteiger partial charge on any atom is -0.444 e. The standard InChI is InChI=1S/C27H35F5N8O4/c1-24(2,3)44-23(42)36-17(8-15-10-35-39(13-15)22(28)29)20(41)37-25(4,5)14-40-18(9-19(38-40)27(30,31)32)16-11-33-21(34-12-16)26(6,7)43/h9-13,17,22,43H,8,14H2,1-7H3,(H,36,42)(H,37,41)/t17-/m1/s1. The van der Waals surface area contributed by atoms with E-state index in [1.54, 1.807) is 20.8 Å². The second kappa shape index (κ2) is 12.5. The van der Waals surface area contributed by atoms with Crippen molar-refractivity contribution in [3.8, 4) is 11.3 Å². The van der Waals surface area contributed by atoms with E-state index >= 15 is 0 Å². The van der Waals surface area contributed by atoms with E-state index in [0.29, 0.717) is 4.68 Å². The van der Waals surface area contributed by atoms with Crippen LogP contribution in [0.15, 0.2) is 30.9 Å². The van der Waals surface area contributed by atoms with Crippen molar-refractivity contribution in [2.75, 3.05) is 0 Å². The number of ether oxygens (including phenoxy) is 1. The molecular weight excluding hydrogens is 595 g/mol. The lowest BCUT2D eigenvalue weighted by Gasteiger charge is -2.30. The van der Waals surface area contributed by atoms with Crippen LogP contribution in [0.2, 0.25) is 0 Å². The van der Waals surface area contributed by atoms with Crippen molar-refractivity contribution >= 4 is 12.0 Å². The van der Waals surface area contributed by atoms with Gasteiger partial charge in [-0.2, -0.15) is 32.1 Å². The number of carbonyl (C=O) groups is 2. The van der Waals surface area contributed by atoms with Crippen molar-refractivity contribution in [2.24, 2.45) is 0 Å². The van der Waals surface area contributed by atoms with Crippen LogP contribution >= 0.6 is 0 Å². The van der Waals surface area contributed by atoms with E-state index < -0.39 is 53.2 Å². The molecule has 0 aliphatic heterocycles.